The van der Waals surface area contributed by atoms with Crippen LogP contribution in [0.3, 0.4) is 0 Å². The minimum Gasteiger partial charge on any atom is -0.481 e. The Morgan fingerprint density at radius 2 is 2.24 bits per heavy atom. The van der Waals surface area contributed by atoms with Crippen molar-refractivity contribution in [3.63, 3.8) is 0 Å². The van der Waals surface area contributed by atoms with E-state index < -0.39 is 0 Å². The minimum atomic E-state index is 0.111. The lowest BCUT2D eigenvalue weighted by atomic mass is 10.1. The summed E-state index contributed by atoms with van der Waals surface area (Å²) in [6.45, 7) is 6.71. The number of nitrogens with zero attached hydrogens (tertiary/aromatic N) is 2. The molecule has 116 valence electrons. The molecule has 0 N–H and O–H groups in total. The third-order valence-corrected chi connectivity index (χ3v) is 2.96. The minimum absolute atomic E-state index is 0.111. The largest absolute Gasteiger partial charge is 0.481 e. The third-order valence-electron chi connectivity index (χ3n) is 2.96. The third kappa shape index (κ3) is 7.02. The SMILES string of the molecule is C=CC(CC/C=C(/C)COCc1nccc(OC)n1)OC. The summed E-state index contributed by atoms with van der Waals surface area (Å²) in [7, 11) is 3.27. The van der Waals surface area contributed by atoms with Crippen LogP contribution in [0.2, 0.25) is 0 Å². The van der Waals surface area contributed by atoms with E-state index in [1.807, 2.05) is 13.0 Å². The highest BCUT2D eigenvalue weighted by Gasteiger charge is 2.01. The molecule has 0 amide bonds. The van der Waals surface area contributed by atoms with Gasteiger partial charge in [-0.2, -0.15) is 4.98 Å². The fraction of sp³-hybridized carbons (Fsp3) is 0.500. The van der Waals surface area contributed by atoms with E-state index in [1.165, 1.54) is 5.57 Å². The Morgan fingerprint density at radius 3 is 2.90 bits per heavy atom. The van der Waals surface area contributed by atoms with Crippen molar-refractivity contribution < 1.29 is 14.2 Å². The smallest absolute Gasteiger partial charge is 0.216 e. The molecule has 0 saturated heterocycles. The van der Waals surface area contributed by atoms with E-state index in [4.69, 9.17) is 14.2 Å². The summed E-state index contributed by atoms with van der Waals surface area (Å²) >= 11 is 0. The van der Waals surface area contributed by atoms with Crippen LogP contribution in [0.1, 0.15) is 25.6 Å². The number of rotatable bonds is 10. The zero-order valence-electron chi connectivity index (χ0n) is 13.0. The average molecular weight is 292 g/mol. The van der Waals surface area contributed by atoms with Crippen LogP contribution in [0.4, 0.5) is 0 Å². The lowest BCUT2D eigenvalue weighted by Crippen LogP contribution is -2.05. The zero-order chi connectivity index (χ0) is 15.5. The first-order valence-electron chi connectivity index (χ1n) is 6.94. The zero-order valence-corrected chi connectivity index (χ0v) is 13.0. The van der Waals surface area contributed by atoms with Gasteiger partial charge in [-0.25, -0.2) is 4.98 Å². The molecule has 0 aliphatic rings. The van der Waals surface area contributed by atoms with E-state index in [2.05, 4.69) is 22.6 Å². The van der Waals surface area contributed by atoms with Crippen molar-refractivity contribution in [3.8, 4) is 5.88 Å². The van der Waals surface area contributed by atoms with Crippen LogP contribution in [-0.4, -0.2) is 36.9 Å². The summed E-state index contributed by atoms with van der Waals surface area (Å²) in [5.74, 6) is 1.17. The van der Waals surface area contributed by atoms with Gasteiger partial charge in [0.05, 0.1) is 19.8 Å². The lowest BCUT2D eigenvalue weighted by molar-refractivity contribution is 0.132. The second kappa shape index (κ2) is 10.1. The van der Waals surface area contributed by atoms with Gasteiger partial charge in [-0.15, -0.1) is 6.58 Å². The summed E-state index contributed by atoms with van der Waals surface area (Å²) in [6.07, 6.45) is 7.61. The van der Waals surface area contributed by atoms with Crippen molar-refractivity contribution in [3.05, 3.63) is 42.4 Å². The van der Waals surface area contributed by atoms with Crippen molar-refractivity contribution in [2.45, 2.75) is 32.5 Å². The number of methoxy groups -OCH3 is 2. The Bertz CT molecular complexity index is 461. The highest BCUT2D eigenvalue weighted by molar-refractivity contribution is 5.07. The molecule has 1 unspecified atom stereocenters. The molecule has 0 saturated carbocycles. The Labute approximate surface area is 126 Å². The molecule has 0 aliphatic carbocycles. The van der Waals surface area contributed by atoms with Crippen LogP contribution in [0, 0.1) is 0 Å². The predicted octanol–water partition coefficient (Wildman–Crippen LogP) is 2.93. The van der Waals surface area contributed by atoms with E-state index in [-0.39, 0.29) is 6.10 Å². The first kappa shape index (κ1) is 17.3. The Hall–Kier alpha value is -1.72. The van der Waals surface area contributed by atoms with E-state index in [0.717, 1.165) is 12.8 Å². The van der Waals surface area contributed by atoms with E-state index >= 15 is 0 Å². The average Bonchev–Trinajstić information content (AvgIpc) is 2.52. The van der Waals surface area contributed by atoms with Crippen LogP contribution in [-0.2, 0) is 16.1 Å². The van der Waals surface area contributed by atoms with Gasteiger partial charge in [0.25, 0.3) is 0 Å². The van der Waals surface area contributed by atoms with Gasteiger partial charge in [0.15, 0.2) is 5.82 Å². The summed E-state index contributed by atoms with van der Waals surface area (Å²) < 4.78 is 15.9. The normalized spacial score (nSPS) is 13.0. The maximum atomic E-state index is 5.59. The molecule has 0 bridgehead atoms. The van der Waals surface area contributed by atoms with Gasteiger partial charge >= 0.3 is 0 Å². The first-order chi connectivity index (χ1) is 10.2. The monoisotopic (exact) mass is 292 g/mol. The number of ether oxygens (including phenoxy) is 3. The molecule has 21 heavy (non-hydrogen) atoms. The molecule has 0 aliphatic heterocycles. The van der Waals surface area contributed by atoms with Crippen LogP contribution in [0.25, 0.3) is 0 Å². The molecule has 5 heteroatoms. The Balaban J connectivity index is 2.29. The van der Waals surface area contributed by atoms with E-state index in [1.54, 1.807) is 26.5 Å². The fourth-order valence-corrected chi connectivity index (χ4v) is 1.75. The van der Waals surface area contributed by atoms with Gasteiger partial charge in [-0.3, -0.25) is 0 Å². The molecule has 1 atom stereocenters. The first-order valence-corrected chi connectivity index (χ1v) is 6.94. The number of hydrogen-bond acceptors (Lipinski definition) is 5. The summed E-state index contributed by atoms with van der Waals surface area (Å²) in [5, 5.41) is 0. The maximum Gasteiger partial charge on any atom is 0.216 e. The van der Waals surface area contributed by atoms with E-state index in [0.29, 0.717) is 24.9 Å². The molecule has 5 nitrogen and oxygen atoms in total. The fourth-order valence-electron chi connectivity index (χ4n) is 1.75. The van der Waals surface area contributed by atoms with Gasteiger partial charge in [0.1, 0.15) is 6.61 Å². The predicted molar refractivity (Wildman–Crippen MR) is 82.2 cm³/mol. The van der Waals surface area contributed by atoms with Crippen molar-refractivity contribution >= 4 is 0 Å². The maximum absolute atomic E-state index is 5.59. The molecular weight excluding hydrogens is 268 g/mol. The number of hydrogen-bond donors (Lipinski definition) is 0. The second-order valence-corrected chi connectivity index (χ2v) is 4.65. The van der Waals surface area contributed by atoms with Gasteiger partial charge < -0.3 is 14.2 Å². The van der Waals surface area contributed by atoms with Gasteiger partial charge in [0, 0.05) is 19.4 Å². The quantitative estimate of drug-likeness (QED) is 0.621. The van der Waals surface area contributed by atoms with Crippen LogP contribution in [0.15, 0.2) is 36.6 Å². The van der Waals surface area contributed by atoms with Crippen molar-refractivity contribution in [2.24, 2.45) is 0 Å². The molecule has 0 radical (unpaired) electrons. The van der Waals surface area contributed by atoms with E-state index in [9.17, 15) is 0 Å². The standard InChI is InChI=1S/C16H24N2O3/c1-5-14(19-3)8-6-7-13(2)11-21-12-15-17-10-9-16(18-15)20-4/h5,7,9-10,14H,1,6,8,11-12H2,2-4H3/b13-7-. The molecule has 0 aromatic carbocycles. The molecular formula is C16H24N2O3. The van der Waals surface area contributed by atoms with Crippen LogP contribution >= 0.6 is 0 Å². The van der Waals surface area contributed by atoms with Crippen LogP contribution < -0.4 is 4.74 Å². The van der Waals surface area contributed by atoms with Crippen molar-refractivity contribution in [1.82, 2.24) is 9.97 Å². The van der Waals surface area contributed by atoms with Gasteiger partial charge in [-0.05, 0) is 19.8 Å². The highest BCUT2D eigenvalue weighted by Crippen LogP contribution is 2.07. The topological polar surface area (TPSA) is 53.5 Å². The Kier molecular flexibility index (Phi) is 8.31. The second-order valence-electron chi connectivity index (χ2n) is 4.65. The van der Waals surface area contributed by atoms with Crippen molar-refractivity contribution in [2.75, 3.05) is 20.8 Å². The summed E-state index contributed by atoms with van der Waals surface area (Å²) in [4.78, 5) is 8.32. The van der Waals surface area contributed by atoms with Crippen molar-refractivity contribution in [1.29, 1.82) is 0 Å². The van der Waals surface area contributed by atoms with Crippen LogP contribution in [0.5, 0.6) is 5.88 Å². The Morgan fingerprint density at radius 1 is 1.43 bits per heavy atom. The summed E-state index contributed by atoms with van der Waals surface area (Å²) in [5.41, 5.74) is 1.18. The number of aromatic nitrogens is 2. The van der Waals surface area contributed by atoms with Gasteiger partial charge in [-0.1, -0.05) is 17.7 Å². The molecule has 0 spiro atoms. The molecule has 1 aromatic rings. The van der Waals surface area contributed by atoms with Gasteiger partial charge in [0.2, 0.25) is 5.88 Å². The number of allylic oxidation sites excluding steroid dienone is 1. The molecule has 1 heterocycles. The molecule has 1 rings (SSSR count). The lowest BCUT2D eigenvalue weighted by Gasteiger charge is -2.09. The molecule has 1 aromatic heterocycles. The summed E-state index contributed by atoms with van der Waals surface area (Å²) in [6, 6.07) is 1.71. The highest BCUT2D eigenvalue weighted by atomic mass is 16.5. The molecule has 0 fully saturated rings.